The highest BCUT2D eigenvalue weighted by Crippen LogP contribution is 2.27. The van der Waals surface area contributed by atoms with Crippen molar-refractivity contribution in [2.75, 3.05) is 6.61 Å². The second-order valence-corrected chi connectivity index (χ2v) is 9.43. The predicted molar refractivity (Wildman–Crippen MR) is 135 cm³/mol. The molecule has 0 aliphatic carbocycles. The van der Waals surface area contributed by atoms with Crippen LogP contribution in [0, 0.1) is 0 Å². The summed E-state index contributed by atoms with van der Waals surface area (Å²) in [5.74, 6) is 0.939. The van der Waals surface area contributed by atoms with E-state index in [4.69, 9.17) is 4.74 Å². The Kier molecular flexibility index (Phi) is 13.1. The predicted octanol–water partition coefficient (Wildman–Crippen LogP) is 9.07. The number of benzene rings is 2. The molecule has 31 heavy (non-hydrogen) atoms. The maximum absolute atomic E-state index is 12.2. The van der Waals surface area contributed by atoms with Crippen molar-refractivity contribution in [3.8, 4) is 16.9 Å². The molecule has 170 valence electrons. The van der Waals surface area contributed by atoms with Gasteiger partial charge >= 0.3 is 0 Å². The van der Waals surface area contributed by atoms with Crippen LogP contribution in [0.2, 0.25) is 0 Å². The second-order valence-electron chi connectivity index (χ2n) is 8.30. The molecule has 0 N–H and O–H groups in total. The van der Waals surface area contributed by atoms with Crippen molar-refractivity contribution in [3.63, 3.8) is 0 Å². The highest BCUT2D eigenvalue weighted by molar-refractivity contribution is 8.13. The molecule has 2 rings (SSSR count). The molecule has 0 saturated carbocycles. The molecule has 0 atom stereocenters. The number of carbonyl (C=O) groups excluding carboxylic acids is 1. The Hall–Kier alpha value is -1.74. The van der Waals surface area contributed by atoms with E-state index in [9.17, 15) is 4.79 Å². The van der Waals surface area contributed by atoms with Crippen LogP contribution in [0.3, 0.4) is 0 Å². The van der Waals surface area contributed by atoms with E-state index >= 15 is 0 Å². The summed E-state index contributed by atoms with van der Waals surface area (Å²) < 4.78 is 5.88. The van der Waals surface area contributed by atoms with Crippen LogP contribution >= 0.6 is 11.8 Å². The Bertz CT molecular complexity index is 722. The quantitative estimate of drug-likeness (QED) is 0.192. The molecule has 0 bridgehead atoms. The molecule has 0 aliphatic rings. The summed E-state index contributed by atoms with van der Waals surface area (Å²) in [4.78, 5) is 13.2. The first-order valence-corrected chi connectivity index (χ1v) is 13.1. The lowest BCUT2D eigenvalue weighted by molar-refractivity contribution is -0.111. The highest BCUT2D eigenvalue weighted by atomic mass is 32.2. The van der Waals surface area contributed by atoms with Gasteiger partial charge in [-0.25, -0.2) is 0 Å². The van der Waals surface area contributed by atoms with Crippen LogP contribution in [0.15, 0.2) is 53.4 Å². The van der Waals surface area contributed by atoms with Gasteiger partial charge in [0.2, 0.25) is 0 Å². The molecule has 0 amide bonds. The van der Waals surface area contributed by atoms with E-state index in [0.29, 0.717) is 6.42 Å². The van der Waals surface area contributed by atoms with Gasteiger partial charge in [0.05, 0.1) is 6.61 Å². The third-order valence-corrected chi connectivity index (χ3v) is 6.46. The van der Waals surface area contributed by atoms with E-state index in [0.717, 1.165) is 36.5 Å². The van der Waals surface area contributed by atoms with Crippen LogP contribution in [-0.2, 0) is 4.79 Å². The van der Waals surface area contributed by atoms with Crippen molar-refractivity contribution in [2.45, 2.75) is 95.8 Å². The molecule has 0 aromatic heterocycles. The Balaban J connectivity index is 1.71. The Morgan fingerprint density at radius 3 is 1.81 bits per heavy atom. The van der Waals surface area contributed by atoms with Crippen LogP contribution in [0.1, 0.15) is 90.9 Å². The average Bonchev–Trinajstić information content (AvgIpc) is 2.79. The molecule has 2 nitrogen and oxygen atoms in total. The summed E-state index contributed by atoms with van der Waals surface area (Å²) in [6.07, 6.45) is 14.3. The van der Waals surface area contributed by atoms with Crippen LogP contribution in [-0.4, -0.2) is 11.7 Å². The Labute approximate surface area is 194 Å². The monoisotopic (exact) mass is 440 g/mol. The summed E-state index contributed by atoms with van der Waals surface area (Å²) in [6.45, 7) is 5.26. The summed E-state index contributed by atoms with van der Waals surface area (Å²) in [7, 11) is 0. The number of thioether (sulfide) groups is 1. The molecule has 0 fully saturated rings. The summed E-state index contributed by atoms with van der Waals surface area (Å²) >= 11 is 1.37. The molecule has 0 aliphatic heterocycles. The third-order valence-electron chi connectivity index (χ3n) is 5.52. The van der Waals surface area contributed by atoms with Crippen LogP contribution in [0.25, 0.3) is 11.1 Å². The van der Waals surface area contributed by atoms with Gasteiger partial charge < -0.3 is 4.74 Å². The molecular weight excluding hydrogens is 400 g/mol. The molecule has 2 aromatic carbocycles. The van der Waals surface area contributed by atoms with Crippen LogP contribution in [0.4, 0.5) is 0 Å². The van der Waals surface area contributed by atoms with Gasteiger partial charge in [0, 0.05) is 11.3 Å². The molecular formula is C28H40O2S. The molecule has 2 aromatic rings. The number of hydrogen-bond acceptors (Lipinski definition) is 3. The van der Waals surface area contributed by atoms with E-state index in [2.05, 4.69) is 62.4 Å². The standard InChI is InChI=1S/C28H40O2S/c1-3-5-7-9-11-13-23-30-26-19-15-24(16-20-26)25-17-21-27(22-18-25)31-28(29)14-12-10-8-6-4-2/h15-22H,3-14,23H2,1-2H3. The van der Waals surface area contributed by atoms with Crippen molar-refractivity contribution < 1.29 is 9.53 Å². The first-order chi connectivity index (χ1) is 15.2. The lowest BCUT2D eigenvalue weighted by atomic mass is 10.1. The zero-order valence-electron chi connectivity index (χ0n) is 19.5. The number of carbonyl (C=O) groups is 1. The summed E-state index contributed by atoms with van der Waals surface area (Å²) in [5.41, 5.74) is 2.34. The maximum Gasteiger partial charge on any atom is 0.193 e. The van der Waals surface area contributed by atoms with Gasteiger partial charge in [-0.2, -0.15) is 0 Å². The highest BCUT2D eigenvalue weighted by Gasteiger charge is 2.06. The molecule has 0 heterocycles. The van der Waals surface area contributed by atoms with Gasteiger partial charge in [0.15, 0.2) is 5.12 Å². The fraction of sp³-hybridized carbons (Fsp3) is 0.536. The van der Waals surface area contributed by atoms with E-state index < -0.39 is 0 Å². The molecule has 0 radical (unpaired) electrons. The maximum atomic E-state index is 12.2. The fourth-order valence-electron chi connectivity index (χ4n) is 3.59. The summed E-state index contributed by atoms with van der Waals surface area (Å²) in [6, 6.07) is 16.6. The van der Waals surface area contributed by atoms with Gasteiger partial charge in [-0.3, -0.25) is 4.79 Å². The Morgan fingerprint density at radius 1 is 0.677 bits per heavy atom. The fourth-order valence-corrected chi connectivity index (χ4v) is 4.37. The average molecular weight is 441 g/mol. The number of hydrogen-bond donors (Lipinski definition) is 0. The van der Waals surface area contributed by atoms with Crippen LogP contribution < -0.4 is 4.74 Å². The number of rotatable bonds is 16. The largest absolute Gasteiger partial charge is 0.494 e. The molecule has 3 heteroatoms. The lowest BCUT2D eigenvalue weighted by Gasteiger charge is -2.08. The minimum atomic E-state index is 0.274. The lowest BCUT2D eigenvalue weighted by Crippen LogP contribution is -1.97. The third kappa shape index (κ3) is 10.9. The summed E-state index contributed by atoms with van der Waals surface area (Å²) in [5, 5.41) is 0.274. The topological polar surface area (TPSA) is 26.3 Å². The smallest absolute Gasteiger partial charge is 0.193 e. The second kappa shape index (κ2) is 16.0. The van der Waals surface area contributed by atoms with E-state index in [-0.39, 0.29) is 5.12 Å². The van der Waals surface area contributed by atoms with Gasteiger partial charge in [0.1, 0.15) is 5.75 Å². The van der Waals surface area contributed by atoms with Crippen molar-refractivity contribution in [3.05, 3.63) is 48.5 Å². The zero-order chi connectivity index (χ0) is 22.2. The van der Waals surface area contributed by atoms with Crippen molar-refractivity contribution in [2.24, 2.45) is 0 Å². The van der Waals surface area contributed by atoms with Gasteiger partial charge in [-0.15, -0.1) is 0 Å². The molecule has 0 spiro atoms. The Morgan fingerprint density at radius 2 is 1.19 bits per heavy atom. The first-order valence-electron chi connectivity index (χ1n) is 12.3. The van der Waals surface area contributed by atoms with E-state index in [1.165, 1.54) is 74.3 Å². The number of ether oxygens (including phenoxy) is 1. The van der Waals surface area contributed by atoms with Gasteiger partial charge in [0.25, 0.3) is 0 Å². The number of unbranched alkanes of at least 4 members (excludes halogenated alkanes) is 9. The van der Waals surface area contributed by atoms with Gasteiger partial charge in [-0.1, -0.05) is 108 Å². The van der Waals surface area contributed by atoms with Gasteiger partial charge in [-0.05, 0) is 48.2 Å². The van der Waals surface area contributed by atoms with E-state index in [1.54, 1.807) is 0 Å². The zero-order valence-corrected chi connectivity index (χ0v) is 20.4. The minimum Gasteiger partial charge on any atom is -0.494 e. The molecule has 0 saturated heterocycles. The molecule has 0 unspecified atom stereocenters. The van der Waals surface area contributed by atoms with Crippen molar-refractivity contribution in [1.82, 2.24) is 0 Å². The first kappa shape index (κ1) is 25.5. The van der Waals surface area contributed by atoms with Crippen LogP contribution in [0.5, 0.6) is 5.75 Å². The SMILES string of the molecule is CCCCCCCCOc1ccc(-c2ccc(SC(=O)CCCCCCC)cc2)cc1. The normalized spacial score (nSPS) is 10.9. The van der Waals surface area contributed by atoms with E-state index in [1.807, 2.05) is 0 Å². The van der Waals surface area contributed by atoms with Crippen molar-refractivity contribution in [1.29, 1.82) is 0 Å². The minimum absolute atomic E-state index is 0.274. The van der Waals surface area contributed by atoms with Crippen molar-refractivity contribution >= 4 is 16.9 Å².